The maximum Gasteiger partial charge on any atom is 0.416 e. The van der Waals surface area contributed by atoms with E-state index in [4.69, 9.17) is 0 Å². The van der Waals surface area contributed by atoms with Gasteiger partial charge in [-0.25, -0.2) is 0 Å². The Morgan fingerprint density at radius 1 is 1.10 bits per heavy atom. The summed E-state index contributed by atoms with van der Waals surface area (Å²) in [6, 6.07) is 2.50. The summed E-state index contributed by atoms with van der Waals surface area (Å²) in [6.07, 6.45) is -1.67. The third-order valence-corrected chi connectivity index (χ3v) is 6.65. The number of nitrogens with one attached hydrogen (secondary N) is 1. The predicted molar refractivity (Wildman–Crippen MR) is 102 cm³/mol. The van der Waals surface area contributed by atoms with Crippen molar-refractivity contribution in [3.05, 3.63) is 34.9 Å². The van der Waals surface area contributed by atoms with E-state index in [1.165, 1.54) is 0 Å². The van der Waals surface area contributed by atoms with Crippen LogP contribution in [0.5, 0.6) is 5.75 Å². The van der Waals surface area contributed by atoms with Crippen molar-refractivity contribution in [3.63, 3.8) is 0 Å². The van der Waals surface area contributed by atoms with Gasteiger partial charge in [0.1, 0.15) is 11.4 Å². The predicted octanol–water partition coefficient (Wildman–Crippen LogP) is 3.35. The van der Waals surface area contributed by atoms with Gasteiger partial charge in [0.2, 0.25) is 0 Å². The second kappa shape index (κ2) is 7.56. The number of aliphatic hydroxyl groups is 1. The van der Waals surface area contributed by atoms with Gasteiger partial charge in [0, 0.05) is 27.5 Å². The number of hydrogen-bond donors (Lipinski definition) is 3. The minimum atomic E-state index is -4.57. The number of nitrogens with zero attached hydrogens (tertiary/aromatic N) is 2. The standard InChI is InChI=1S/C19H20F3N3O3S/c20-19(21,22)10-5-6-11(16(27)7-10)17-12-8-29(28)9-13(12)18(25-24-17)23-14-3-1-2-4-15(14)26/h5-7,14-15,26-27H,1-4,8-9H2,(H,23,25)/t14-,15-,29?/m1/s1. The molecule has 2 aromatic rings. The van der Waals surface area contributed by atoms with Crippen molar-refractivity contribution < 1.29 is 27.6 Å². The third kappa shape index (κ3) is 3.95. The molecule has 156 valence electrons. The third-order valence-electron chi connectivity index (χ3n) is 5.43. The first kappa shape index (κ1) is 20.1. The lowest BCUT2D eigenvalue weighted by atomic mass is 9.92. The van der Waals surface area contributed by atoms with E-state index >= 15 is 0 Å². The SMILES string of the molecule is O=S1Cc2c(N[C@@H]3CCCC[C@H]3O)nnc(-c3ccc(C(F)(F)F)cc3O)c2C1. The highest BCUT2D eigenvalue weighted by Crippen LogP contribution is 2.40. The average molecular weight is 427 g/mol. The van der Waals surface area contributed by atoms with Crippen molar-refractivity contribution in [2.45, 2.75) is 55.5 Å². The van der Waals surface area contributed by atoms with Crippen molar-refractivity contribution in [3.8, 4) is 17.0 Å². The molecule has 2 aliphatic rings. The van der Waals surface area contributed by atoms with Crippen LogP contribution in [-0.4, -0.2) is 36.8 Å². The van der Waals surface area contributed by atoms with E-state index in [0.717, 1.165) is 31.4 Å². The molecule has 1 unspecified atom stereocenters. The molecule has 6 nitrogen and oxygen atoms in total. The van der Waals surface area contributed by atoms with E-state index in [2.05, 4.69) is 15.5 Å². The molecule has 1 fully saturated rings. The molecule has 0 bridgehead atoms. The monoisotopic (exact) mass is 427 g/mol. The van der Waals surface area contributed by atoms with Crippen LogP contribution in [0, 0.1) is 0 Å². The lowest BCUT2D eigenvalue weighted by Crippen LogP contribution is -2.37. The van der Waals surface area contributed by atoms with Gasteiger partial charge in [0.25, 0.3) is 0 Å². The first-order chi connectivity index (χ1) is 13.7. The van der Waals surface area contributed by atoms with Gasteiger partial charge in [-0.1, -0.05) is 12.8 Å². The number of phenolic OH excluding ortho intramolecular Hbond substituents is 1. The van der Waals surface area contributed by atoms with Gasteiger partial charge >= 0.3 is 6.18 Å². The maximum absolute atomic E-state index is 12.9. The number of halogens is 3. The second-order valence-electron chi connectivity index (χ2n) is 7.42. The summed E-state index contributed by atoms with van der Waals surface area (Å²) in [7, 11) is -1.20. The Hall–Kier alpha value is -2.20. The van der Waals surface area contributed by atoms with E-state index in [1.807, 2.05) is 0 Å². The van der Waals surface area contributed by atoms with Crippen molar-refractivity contribution in [1.29, 1.82) is 0 Å². The van der Waals surface area contributed by atoms with E-state index in [1.54, 1.807) is 0 Å². The summed E-state index contributed by atoms with van der Waals surface area (Å²) in [4.78, 5) is 0. The van der Waals surface area contributed by atoms with E-state index in [9.17, 15) is 27.6 Å². The first-order valence-corrected chi connectivity index (χ1v) is 10.8. The largest absolute Gasteiger partial charge is 0.507 e. The molecule has 1 aliphatic carbocycles. The average Bonchev–Trinajstić information content (AvgIpc) is 3.05. The molecule has 1 saturated carbocycles. The van der Waals surface area contributed by atoms with Crippen LogP contribution in [0.1, 0.15) is 42.4 Å². The fraction of sp³-hybridized carbons (Fsp3) is 0.474. The summed E-state index contributed by atoms with van der Waals surface area (Å²) in [5, 5.41) is 31.9. The van der Waals surface area contributed by atoms with Crippen LogP contribution >= 0.6 is 0 Å². The Balaban J connectivity index is 1.72. The lowest BCUT2D eigenvalue weighted by Gasteiger charge is -2.29. The Labute approximate surface area is 167 Å². The van der Waals surface area contributed by atoms with Crippen LogP contribution in [0.3, 0.4) is 0 Å². The summed E-state index contributed by atoms with van der Waals surface area (Å²) in [6.45, 7) is 0. The summed E-state index contributed by atoms with van der Waals surface area (Å²) >= 11 is 0. The van der Waals surface area contributed by atoms with Gasteiger partial charge in [-0.15, -0.1) is 10.2 Å². The van der Waals surface area contributed by atoms with Gasteiger partial charge in [0.15, 0.2) is 5.82 Å². The highest BCUT2D eigenvalue weighted by Gasteiger charge is 2.33. The van der Waals surface area contributed by atoms with Gasteiger partial charge < -0.3 is 15.5 Å². The number of aliphatic hydroxyl groups excluding tert-OH is 1. The number of aromatic nitrogens is 2. The van der Waals surface area contributed by atoms with Crippen LogP contribution in [0.2, 0.25) is 0 Å². The number of aromatic hydroxyl groups is 1. The number of hydrogen-bond acceptors (Lipinski definition) is 6. The minimum Gasteiger partial charge on any atom is -0.507 e. The fourth-order valence-corrected chi connectivity index (χ4v) is 5.25. The maximum atomic E-state index is 12.9. The fourth-order valence-electron chi connectivity index (χ4n) is 3.89. The van der Waals surface area contributed by atoms with Crippen LogP contribution in [-0.2, 0) is 28.5 Å². The Morgan fingerprint density at radius 2 is 1.83 bits per heavy atom. The minimum absolute atomic E-state index is 0.116. The molecule has 0 radical (unpaired) electrons. The number of rotatable bonds is 3. The van der Waals surface area contributed by atoms with Crippen LogP contribution in [0.4, 0.5) is 19.0 Å². The van der Waals surface area contributed by atoms with E-state index in [-0.39, 0.29) is 28.8 Å². The number of alkyl halides is 3. The highest BCUT2D eigenvalue weighted by molar-refractivity contribution is 7.83. The molecular formula is C19H20F3N3O3S. The molecule has 0 amide bonds. The first-order valence-electron chi connectivity index (χ1n) is 9.32. The van der Waals surface area contributed by atoms with Crippen LogP contribution < -0.4 is 5.32 Å². The molecule has 4 rings (SSSR count). The number of phenols is 1. The zero-order valence-electron chi connectivity index (χ0n) is 15.4. The molecule has 1 aromatic carbocycles. The molecule has 2 heterocycles. The van der Waals surface area contributed by atoms with Crippen molar-refractivity contribution >= 4 is 16.6 Å². The van der Waals surface area contributed by atoms with Crippen molar-refractivity contribution in [2.24, 2.45) is 0 Å². The highest BCUT2D eigenvalue weighted by atomic mass is 32.2. The summed E-state index contributed by atoms with van der Waals surface area (Å²) in [5.41, 5.74) is 0.653. The Kier molecular flexibility index (Phi) is 5.24. The normalized spacial score (nSPS) is 24.3. The smallest absolute Gasteiger partial charge is 0.416 e. The molecule has 3 atom stereocenters. The lowest BCUT2D eigenvalue weighted by molar-refractivity contribution is -0.137. The van der Waals surface area contributed by atoms with Crippen molar-refractivity contribution in [2.75, 3.05) is 5.32 Å². The molecule has 3 N–H and O–H groups in total. The Bertz CT molecular complexity index is 968. The molecule has 0 saturated heterocycles. The second-order valence-corrected chi connectivity index (χ2v) is 8.87. The number of benzene rings is 1. The molecular weight excluding hydrogens is 407 g/mol. The van der Waals surface area contributed by atoms with Gasteiger partial charge in [-0.2, -0.15) is 13.2 Å². The topological polar surface area (TPSA) is 95.3 Å². The molecule has 1 aromatic heterocycles. The van der Waals surface area contributed by atoms with E-state index < -0.39 is 34.4 Å². The Morgan fingerprint density at radius 3 is 2.52 bits per heavy atom. The van der Waals surface area contributed by atoms with Gasteiger partial charge in [-0.3, -0.25) is 4.21 Å². The van der Waals surface area contributed by atoms with Crippen LogP contribution in [0.15, 0.2) is 18.2 Å². The molecule has 0 spiro atoms. The zero-order valence-corrected chi connectivity index (χ0v) is 16.2. The van der Waals surface area contributed by atoms with E-state index in [0.29, 0.717) is 29.4 Å². The number of anilines is 1. The summed E-state index contributed by atoms with van der Waals surface area (Å²) < 4.78 is 50.8. The molecule has 1 aliphatic heterocycles. The zero-order chi connectivity index (χ0) is 20.8. The van der Waals surface area contributed by atoms with Crippen molar-refractivity contribution in [1.82, 2.24) is 10.2 Å². The molecule has 10 heteroatoms. The van der Waals surface area contributed by atoms with Crippen LogP contribution in [0.25, 0.3) is 11.3 Å². The van der Waals surface area contributed by atoms with Gasteiger partial charge in [0.05, 0.1) is 29.2 Å². The quantitative estimate of drug-likeness (QED) is 0.696. The number of fused-ring (bicyclic) bond motifs is 1. The summed E-state index contributed by atoms with van der Waals surface area (Å²) in [5.74, 6) is 0.303. The molecule has 29 heavy (non-hydrogen) atoms. The van der Waals surface area contributed by atoms with Gasteiger partial charge in [-0.05, 0) is 31.0 Å².